The first-order valence-electron chi connectivity index (χ1n) is 6.59. The molecule has 0 fully saturated rings. The van der Waals surface area contributed by atoms with Crippen molar-refractivity contribution in [3.05, 3.63) is 48.7 Å². The van der Waals surface area contributed by atoms with Crippen molar-refractivity contribution >= 4 is 16.9 Å². The highest BCUT2D eigenvalue weighted by atomic mass is 16.4. The highest BCUT2D eigenvalue weighted by molar-refractivity contribution is 5.85. The van der Waals surface area contributed by atoms with Crippen molar-refractivity contribution in [2.45, 2.75) is 18.9 Å². The van der Waals surface area contributed by atoms with Crippen LogP contribution in [0.2, 0.25) is 0 Å². The van der Waals surface area contributed by atoms with E-state index in [2.05, 4.69) is 11.6 Å². The molecule has 0 unspecified atom stereocenters. The lowest BCUT2D eigenvalue weighted by molar-refractivity contribution is -0.149. The number of carboxylic acid groups (broad SMARTS) is 1. The van der Waals surface area contributed by atoms with Crippen LogP contribution in [0.1, 0.15) is 12.5 Å². The third kappa shape index (κ3) is 2.47. The van der Waals surface area contributed by atoms with Gasteiger partial charge in [-0.3, -0.25) is 9.69 Å². The van der Waals surface area contributed by atoms with Crippen molar-refractivity contribution in [2.24, 2.45) is 0 Å². The summed E-state index contributed by atoms with van der Waals surface area (Å²) in [5.41, 5.74) is 1.09. The maximum atomic E-state index is 11.7. The second-order valence-electron chi connectivity index (χ2n) is 5.28. The number of likely N-dealkylation sites (N-methyl/N-ethyl adjacent to an activating group) is 1. The van der Waals surface area contributed by atoms with Gasteiger partial charge in [-0.1, -0.05) is 24.3 Å². The summed E-state index contributed by atoms with van der Waals surface area (Å²) in [4.78, 5) is 16.7. The van der Waals surface area contributed by atoms with Crippen LogP contribution in [0, 0.1) is 0 Å². The van der Waals surface area contributed by atoms with Gasteiger partial charge in [0.1, 0.15) is 5.54 Å². The minimum atomic E-state index is -0.959. The van der Waals surface area contributed by atoms with E-state index in [1.54, 1.807) is 13.0 Å². The predicted molar refractivity (Wildman–Crippen MR) is 80.9 cm³/mol. The van der Waals surface area contributed by atoms with Gasteiger partial charge in [0.15, 0.2) is 0 Å². The number of H-pyrrole nitrogens is 1. The molecule has 2 aromatic rings. The van der Waals surface area contributed by atoms with Crippen LogP contribution in [0.25, 0.3) is 10.9 Å². The molecule has 0 aliphatic rings. The Bertz CT molecular complexity index is 632. The molecule has 0 amide bonds. The fraction of sp³-hybridized carbons (Fsp3) is 0.312. The Morgan fingerprint density at radius 3 is 2.85 bits per heavy atom. The van der Waals surface area contributed by atoms with E-state index in [1.807, 2.05) is 42.4 Å². The normalized spacial score (nSPS) is 14.3. The van der Waals surface area contributed by atoms with Crippen molar-refractivity contribution in [1.82, 2.24) is 9.88 Å². The first-order chi connectivity index (χ1) is 9.49. The van der Waals surface area contributed by atoms with Crippen LogP contribution in [-0.2, 0) is 11.2 Å². The van der Waals surface area contributed by atoms with Crippen molar-refractivity contribution in [3.8, 4) is 0 Å². The summed E-state index contributed by atoms with van der Waals surface area (Å²) >= 11 is 0. The van der Waals surface area contributed by atoms with E-state index in [0.717, 1.165) is 16.5 Å². The molecule has 0 radical (unpaired) electrons. The molecular weight excluding hydrogens is 252 g/mol. The lowest BCUT2D eigenvalue weighted by Gasteiger charge is -2.34. The van der Waals surface area contributed by atoms with Crippen LogP contribution < -0.4 is 0 Å². The minimum Gasteiger partial charge on any atom is -0.480 e. The number of para-hydroxylation sites is 1. The van der Waals surface area contributed by atoms with Crippen LogP contribution >= 0.6 is 0 Å². The molecule has 2 N–H and O–H groups in total. The van der Waals surface area contributed by atoms with Gasteiger partial charge in [-0.15, -0.1) is 6.58 Å². The second kappa shape index (κ2) is 5.51. The number of aromatic nitrogens is 1. The van der Waals surface area contributed by atoms with E-state index in [9.17, 15) is 9.90 Å². The number of nitrogens with one attached hydrogen (secondary N) is 1. The first-order valence-corrected chi connectivity index (χ1v) is 6.59. The molecule has 0 bridgehead atoms. The standard InChI is InChI=1S/C16H20N2O2/c1-4-9-18(3)16(2,15(19)20)10-12-11-17-14-8-6-5-7-13(12)14/h4-8,11,17H,1,9-10H2,2-3H3,(H,19,20)/t16-/m0/s1. The molecule has 0 saturated heterocycles. The fourth-order valence-corrected chi connectivity index (χ4v) is 2.42. The van der Waals surface area contributed by atoms with Crippen LogP contribution in [-0.4, -0.2) is 40.1 Å². The van der Waals surface area contributed by atoms with Crippen molar-refractivity contribution in [2.75, 3.05) is 13.6 Å². The van der Waals surface area contributed by atoms with Crippen LogP contribution in [0.5, 0.6) is 0 Å². The molecule has 1 heterocycles. The molecule has 0 aliphatic carbocycles. The average Bonchev–Trinajstić information content (AvgIpc) is 2.82. The topological polar surface area (TPSA) is 56.3 Å². The quantitative estimate of drug-likeness (QED) is 0.795. The fourth-order valence-electron chi connectivity index (χ4n) is 2.42. The maximum Gasteiger partial charge on any atom is 0.324 e. The number of hydrogen-bond acceptors (Lipinski definition) is 2. The molecule has 4 heteroatoms. The van der Waals surface area contributed by atoms with E-state index < -0.39 is 11.5 Å². The Labute approximate surface area is 118 Å². The molecule has 1 aromatic carbocycles. The molecule has 0 aliphatic heterocycles. The summed E-state index contributed by atoms with van der Waals surface area (Å²) in [5.74, 6) is -0.827. The third-order valence-electron chi connectivity index (χ3n) is 3.92. The van der Waals surface area contributed by atoms with Crippen LogP contribution in [0.4, 0.5) is 0 Å². The third-order valence-corrected chi connectivity index (χ3v) is 3.92. The van der Waals surface area contributed by atoms with Crippen molar-refractivity contribution in [1.29, 1.82) is 0 Å². The Kier molecular flexibility index (Phi) is 3.95. The number of carbonyl (C=O) groups is 1. The Morgan fingerprint density at radius 2 is 2.20 bits per heavy atom. The largest absolute Gasteiger partial charge is 0.480 e. The highest BCUT2D eigenvalue weighted by Crippen LogP contribution is 2.25. The Hall–Kier alpha value is -2.07. The van der Waals surface area contributed by atoms with Crippen molar-refractivity contribution < 1.29 is 9.90 Å². The van der Waals surface area contributed by atoms with Gasteiger partial charge in [0.2, 0.25) is 0 Å². The maximum absolute atomic E-state index is 11.7. The minimum absolute atomic E-state index is 0.441. The molecule has 0 saturated carbocycles. The monoisotopic (exact) mass is 272 g/mol. The smallest absolute Gasteiger partial charge is 0.324 e. The molecule has 2 rings (SSSR count). The van der Waals surface area contributed by atoms with Crippen LogP contribution in [0.3, 0.4) is 0 Å². The number of aliphatic carboxylic acids is 1. The molecule has 0 spiro atoms. The zero-order valence-corrected chi connectivity index (χ0v) is 11.9. The molecule has 4 nitrogen and oxygen atoms in total. The summed E-state index contributed by atoms with van der Waals surface area (Å²) in [7, 11) is 1.81. The van der Waals surface area contributed by atoms with E-state index in [0.29, 0.717) is 13.0 Å². The predicted octanol–water partition coefficient (Wildman–Crippen LogP) is 2.67. The summed E-state index contributed by atoms with van der Waals surface area (Å²) in [6, 6.07) is 7.93. The van der Waals surface area contributed by atoms with E-state index in [4.69, 9.17) is 0 Å². The zero-order chi connectivity index (χ0) is 14.8. The van der Waals surface area contributed by atoms with Gasteiger partial charge in [0.25, 0.3) is 0 Å². The lowest BCUT2D eigenvalue weighted by atomic mass is 9.91. The number of benzene rings is 1. The van der Waals surface area contributed by atoms with E-state index in [-0.39, 0.29) is 0 Å². The average molecular weight is 272 g/mol. The Balaban J connectivity index is 2.37. The highest BCUT2D eigenvalue weighted by Gasteiger charge is 2.37. The van der Waals surface area contributed by atoms with Gasteiger partial charge >= 0.3 is 5.97 Å². The van der Waals surface area contributed by atoms with Gasteiger partial charge in [-0.25, -0.2) is 0 Å². The number of fused-ring (bicyclic) bond motifs is 1. The summed E-state index contributed by atoms with van der Waals surface area (Å²) < 4.78 is 0. The molecule has 1 aromatic heterocycles. The molecule has 106 valence electrons. The number of rotatable bonds is 6. The van der Waals surface area contributed by atoms with Gasteiger partial charge in [-0.2, -0.15) is 0 Å². The molecule has 20 heavy (non-hydrogen) atoms. The van der Waals surface area contributed by atoms with Gasteiger partial charge in [0, 0.05) is 30.1 Å². The van der Waals surface area contributed by atoms with Crippen LogP contribution in [0.15, 0.2) is 43.1 Å². The van der Waals surface area contributed by atoms with E-state index >= 15 is 0 Å². The number of nitrogens with zero attached hydrogens (tertiary/aromatic N) is 1. The number of aromatic amines is 1. The summed E-state index contributed by atoms with van der Waals surface area (Å²) in [6.07, 6.45) is 4.06. The van der Waals surface area contributed by atoms with E-state index in [1.165, 1.54) is 0 Å². The number of hydrogen-bond donors (Lipinski definition) is 2. The Morgan fingerprint density at radius 1 is 1.50 bits per heavy atom. The SMILES string of the molecule is C=CCN(C)[C@@](C)(Cc1c[nH]c2ccccc12)C(=O)O. The number of carboxylic acids is 1. The van der Waals surface area contributed by atoms with Gasteiger partial charge in [0.05, 0.1) is 0 Å². The summed E-state index contributed by atoms with van der Waals surface area (Å²) in [6.45, 7) is 5.96. The lowest BCUT2D eigenvalue weighted by Crippen LogP contribution is -2.52. The molecular formula is C16H20N2O2. The second-order valence-corrected chi connectivity index (χ2v) is 5.28. The van der Waals surface area contributed by atoms with Gasteiger partial charge in [-0.05, 0) is 25.6 Å². The van der Waals surface area contributed by atoms with Gasteiger partial charge < -0.3 is 10.1 Å². The zero-order valence-electron chi connectivity index (χ0n) is 11.9. The van der Waals surface area contributed by atoms with Crippen molar-refractivity contribution in [3.63, 3.8) is 0 Å². The molecule has 1 atom stereocenters. The summed E-state index contributed by atoms with van der Waals surface area (Å²) in [5, 5.41) is 10.7. The first kappa shape index (κ1) is 14.3.